The third-order valence-electron chi connectivity index (χ3n) is 8.23. The van der Waals surface area contributed by atoms with Crippen molar-refractivity contribution >= 4 is 45.1 Å². The van der Waals surface area contributed by atoms with Gasteiger partial charge in [-0.15, -0.1) is 11.3 Å². The summed E-state index contributed by atoms with van der Waals surface area (Å²) in [6.07, 6.45) is 1.43. The maximum Gasteiger partial charge on any atom is 0.341 e. The average Bonchev–Trinajstić information content (AvgIpc) is 3.39. The number of likely N-dealkylation sites (N-methyl/N-ethyl adjacent to an activating group) is 1. The van der Waals surface area contributed by atoms with Crippen molar-refractivity contribution in [2.24, 2.45) is 0 Å². The van der Waals surface area contributed by atoms with Gasteiger partial charge in [0.25, 0.3) is 5.91 Å². The van der Waals surface area contributed by atoms with Gasteiger partial charge >= 0.3 is 11.9 Å². The molecule has 0 fully saturated rings. The Hall–Kier alpha value is -4.08. The van der Waals surface area contributed by atoms with E-state index >= 15 is 0 Å². The first-order valence-corrected chi connectivity index (χ1v) is 15.2. The molecule has 1 aliphatic carbocycles. The third kappa shape index (κ3) is 4.97. The van der Waals surface area contributed by atoms with Crippen LogP contribution in [0.25, 0.3) is 21.3 Å². The Kier molecular flexibility index (Phi) is 7.79. The number of pyridine rings is 1. The molecule has 2 aromatic heterocycles. The molecular weight excluding hydrogens is 550 g/mol. The monoisotopic (exact) mass is 583 g/mol. The van der Waals surface area contributed by atoms with E-state index in [1.807, 2.05) is 42.5 Å². The summed E-state index contributed by atoms with van der Waals surface area (Å²) in [4.78, 5) is 48.5. The van der Waals surface area contributed by atoms with Crippen molar-refractivity contribution in [2.45, 2.75) is 52.2 Å². The molecular formula is C33H33N3O5S. The zero-order chi connectivity index (χ0) is 29.4. The van der Waals surface area contributed by atoms with Crippen molar-refractivity contribution in [1.29, 1.82) is 0 Å². The van der Waals surface area contributed by atoms with Crippen LogP contribution >= 0.6 is 11.3 Å². The van der Waals surface area contributed by atoms with E-state index in [2.05, 4.69) is 23.2 Å². The molecule has 0 spiro atoms. The largest absolute Gasteiger partial charge is 0.465 e. The maximum atomic E-state index is 13.8. The van der Waals surface area contributed by atoms with E-state index in [0.29, 0.717) is 34.5 Å². The molecule has 0 bridgehead atoms. The van der Waals surface area contributed by atoms with Crippen LogP contribution in [-0.4, -0.2) is 54.0 Å². The quantitative estimate of drug-likeness (QED) is 0.275. The van der Waals surface area contributed by atoms with E-state index in [0.717, 1.165) is 58.7 Å². The topological polar surface area (TPSA) is 97.8 Å². The van der Waals surface area contributed by atoms with Gasteiger partial charge in [-0.25, -0.2) is 9.59 Å². The number of hydrogen-bond donors (Lipinski definition) is 1. The predicted molar refractivity (Wildman–Crippen MR) is 163 cm³/mol. The summed E-state index contributed by atoms with van der Waals surface area (Å²) < 4.78 is 11.1. The standard InChI is InChI=1S/C33H33N3O5S/c1-4-26(41-33(39)27-21-12-8-9-13-24(21)34-25-16-17-36(5-2)18-23(25)27)30(37)35-31-28(32(38)40-3)22-15-14-19-10-6-7-11-20(19)29(22)42-31/h6-13,26H,4-5,14-18H2,1-3H3,(H,35,37). The van der Waals surface area contributed by atoms with Crippen LogP contribution in [0.15, 0.2) is 48.5 Å². The van der Waals surface area contributed by atoms with Gasteiger partial charge in [0, 0.05) is 41.0 Å². The van der Waals surface area contributed by atoms with Crippen LogP contribution < -0.4 is 5.32 Å². The van der Waals surface area contributed by atoms with Crippen LogP contribution in [0.1, 0.15) is 63.4 Å². The van der Waals surface area contributed by atoms with Crippen molar-refractivity contribution < 1.29 is 23.9 Å². The number of nitrogens with one attached hydrogen (secondary N) is 1. The van der Waals surface area contributed by atoms with E-state index in [1.165, 1.54) is 24.0 Å². The van der Waals surface area contributed by atoms with Crippen molar-refractivity contribution in [3.8, 4) is 10.4 Å². The van der Waals surface area contributed by atoms with Crippen LogP contribution in [0.5, 0.6) is 0 Å². The number of aromatic nitrogens is 1. The van der Waals surface area contributed by atoms with Crippen molar-refractivity contribution in [3.63, 3.8) is 0 Å². The van der Waals surface area contributed by atoms with Crippen LogP contribution in [0, 0.1) is 0 Å². The normalized spacial score (nSPS) is 14.8. The van der Waals surface area contributed by atoms with E-state index in [4.69, 9.17) is 14.5 Å². The van der Waals surface area contributed by atoms with Crippen molar-refractivity contribution in [2.75, 3.05) is 25.5 Å². The SMILES string of the molecule is CCC(OC(=O)c1c2c(nc3ccccc13)CCN(CC)C2)C(=O)Nc1sc2c(c1C(=O)OC)CCc1ccccc1-2. The number of para-hydroxylation sites is 1. The molecule has 0 radical (unpaired) electrons. The molecule has 42 heavy (non-hydrogen) atoms. The van der Waals surface area contributed by atoms with E-state index in [9.17, 15) is 14.4 Å². The van der Waals surface area contributed by atoms with Gasteiger partial charge in [0.05, 0.1) is 23.8 Å². The summed E-state index contributed by atoms with van der Waals surface area (Å²) in [5.41, 5.74) is 6.47. The lowest BCUT2D eigenvalue weighted by molar-refractivity contribution is -0.124. The Bertz CT molecular complexity index is 1710. The van der Waals surface area contributed by atoms with Gasteiger partial charge in [-0.2, -0.15) is 0 Å². The molecule has 8 nitrogen and oxygen atoms in total. The molecule has 0 saturated heterocycles. The highest BCUT2D eigenvalue weighted by atomic mass is 32.1. The Balaban J connectivity index is 1.31. The van der Waals surface area contributed by atoms with Gasteiger partial charge < -0.3 is 14.8 Å². The molecule has 1 N–H and O–H groups in total. The Morgan fingerprint density at radius 2 is 1.76 bits per heavy atom. The number of anilines is 1. The summed E-state index contributed by atoms with van der Waals surface area (Å²) >= 11 is 1.36. The zero-order valence-electron chi connectivity index (χ0n) is 24.0. The number of thiophene rings is 1. The summed E-state index contributed by atoms with van der Waals surface area (Å²) in [6.45, 7) is 6.23. The number of carbonyl (C=O) groups is 3. The number of rotatable bonds is 7. The Labute approximate surface area is 248 Å². The molecule has 1 aliphatic heterocycles. The molecule has 1 amide bonds. The number of nitrogens with zero attached hydrogens (tertiary/aromatic N) is 2. The second-order valence-electron chi connectivity index (χ2n) is 10.6. The van der Waals surface area contributed by atoms with Gasteiger partial charge in [0.15, 0.2) is 6.10 Å². The lowest BCUT2D eigenvalue weighted by Crippen LogP contribution is -2.35. The predicted octanol–water partition coefficient (Wildman–Crippen LogP) is 5.80. The highest BCUT2D eigenvalue weighted by Gasteiger charge is 2.33. The highest BCUT2D eigenvalue weighted by molar-refractivity contribution is 7.20. The second-order valence-corrected chi connectivity index (χ2v) is 11.6. The minimum atomic E-state index is -1.05. The molecule has 216 valence electrons. The first-order valence-electron chi connectivity index (χ1n) is 14.4. The number of ether oxygens (including phenoxy) is 2. The molecule has 3 heterocycles. The number of hydrogen-bond acceptors (Lipinski definition) is 8. The summed E-state index contributed by atoms with van der Waals surface area (Å²) in [7, 11) is 1.34. The molecule has 2 aliphatic rings. The van der Waals surface area contributed by atoms with Gasteiger partial charge in [0.1, 0.15) is 5.00 Å². The van der Waals surface area contributed by atoms with Crippen LogP contribution in [0.2, 0.25) is 0 Å². The Morgan fingerprint density at radius 3 is 2.55 bits per heavy atom. The molecule has 1 unspecified atom stereocenters. The molecule has 1 atom stereocenters. The smallest absolute Gasteiger partial charge is 0.341 e. The fourth-order valence-corrected chi connectivity index (χ4v) is 7.30. The lowest BCUT2D eigenvalue weighted by atomic mass is 9.89. The number of aryl methyl sites for hydroxylation is 1. The van der Waals surface area contributed by atoms with Crippen LogP contribution in [0.3, 0.4) is 0 Å². The van der Waals surface area contributed by atoms with E-state index in [1.54, 1.807) is 6.92 Å². The summed E-state index contributed by atoms with van der Waals surface area (Å²) in [6, 6.07) is 15.6. The highest BCUT2D eigenvalue weighted by Crippen LogP contribution is 2.45. The van der Waals surface area contributed by atoms with Crippen LogP contribution in [0.4, 0.5) is 5.00 Å². The van der Waals surface area contributed by atoms with Crippen molar-refractivity contribution in [3.05, 3.63) is 82.0 Å². The third-order valence-corrected chi connectivity index (χ3v) is 9.41. The Morgan fingerprint density at radius 1 is 0.976 bits per heavy atom. The summed E-state index contributed by atoms with van der Waals surface area (Å²) in [5, 5.41) is 4.04. The number of methoxy groups -OCH3 is 1. The fraction of sp³-hybridized carbons (Fsp3) is 0.333. The van der Waals surface area contributed by atoms with Gasteiger partial charge in [0.2, 0.25) is 0 Å². The number of fused-ring (bicyclic) bond motifs is 5. The lowest BCUT2D eigenvalue weighted by Gasteiger charge is -2.29. The zero-order valence-corrected chi connectivity index (χ0v) is 24.8. The maximum absolute atomic E-state index is 13.8. The molecule has 9 heteroatoms. The molecule has 4 aromatic rings. The number of esters is 2. The molecule has 0 saturated carbocycles. The minimum Gasteiger partial charge on any atom is -0.465 e. The number of carbonyl (C=O) groups excluding carboxylic acids is 3. The average molecular weight is 584 g/mol. The summed E-state index contributed by atoms with van der Waals surface area (Å²) in [5.74, 6) is -1.52. The number of benzene rings is 2. The van der Waals surface area contributed by atoms with E-state index < -0.39 is 23.9 Å². The molecule has 6 rings (SSSR count). The van der Waals surface area contributed by atoms with Gasteiger partial charge in [-0.1, -0.05) is 56.3 Å². The second kappa shape index (κ2) is 11.7. The first-order chi connectivity index (χ1) is 20.4. The van der Waals surface area contributed by atoms with Gasteiger partial charge in [-0.05, 0) is 48.6 Å². The van der Waals surface area contributed by atoms with Crippen molar-refractivity contribution in [1.82, 2.24) is 9.88 Å². The minimum absolute atomic E-state index is 0.269. The van der Waals surface area contributed by atoms with E-state index in [-0.39, 0.29) is 6.42 Å². The molecule has 2 aromatic carbocycles. The van der Waals surface area contributed by atoms with Crippen LogP contribution in [-0.2, 0) is 40.1 Å². The fourth-order valence-electron chi connectivity index (χ4n) is 6.00. The first kappa shape index (κ1) is 28.1. The van der Waals surface area contributed by atoms with Gasteiger partial charge in [-0.3, -0.25) is 14.7 Å². The number of amides is 1.